The van der Waals surface area contributed by atoms with Gasteiger partial charge in [0.05, 0.1) is 24.3 Å². The molecule has 2 heterocycles. The van der Waals surface area contributed by atoms with Crippen molar-refractivity contribution in [2.24, 2.45) is 22.7 Å². The van der Waals surface area contributed by atoms with Gasteiger partial charge in [-0.1, -0.05) is 27.7 Å². The lowest BCUT2D eigenvalue weighted by Gasteiger charge is -2.67. The van der Waals surface area contributed by atoms with Gasteiger partial charge < -0.3 is 24.6 Å². The average Bonchev–Trinajstić information content (AvgIpc) is 3.07. The van der Waals surface area contributed by atoms with Crippen molar-refractivity contribution >= 4 is 5.91 Å². The van der Waals surface area contributed by atoms with Crippen LogP contribution >= 0.6 is 0 Å². The van der Waals surface area contributed by atoms with Crippen molar-refractivity contribution in [2.75, 3.05) is 14.2 Å². The van der Waals surface area contributed by atoms with E-state index in [2.05, 4.69) is 33.0 Å². The summed E-state index contributed by atoms with van der Waals surface area (Å²) in [7, 11) is 3.20. The van der Waals surface area contributed by atoms with Crippen molar-refractivity contribution in [1.82, 2.24) is 5.32 Å². The van der Waals surface area contributed by atoms with E-state index >= 15 is 0 Å². The Morgan fingerprint density at radius 2 is 1.94 bits per heavy atom. The Bertz CT molecular complexity index is 942. The first-order valence-corrected chi connectivity index (χ1v) is 11.5. The quantitative estimate of drug-likeness (QED) is 0.743. The number of nitrogens with one attached hydrogen (secondary N) is 1. The van der Waals surface area contributed by atoms with E-state index in [1.165, 1.54) is 0 Å². The molecule has 6 heteroatoms. The maximum Gasteiger partial charge on any atom is 0.257 e. The van der Waals surface area contributed by atoms with Gasteiger partial charge in [0.15, 0.2) is 6.23 Å². The molecule has 1 aromatic rings. The molecule has 0 saturated heterocycles. The molecule has 0 bridgehead atoms. The summed E-state index contributed by atoms with van der Waals surface area (Å²) < 4.78 is 18.4. The number of carbonyl (C=O) groups excluding carboxylic acids is 1. The summed E-state index contributed by atoms with van der Waals surface area (Å²) in [6, 6.07) is 1.99. The van der Waals surface area contributed by atoms with E-state index < -0.39 is 6.23 Å². The summed E-state index contributed by atoms with van der Waals surface area (Å²) in [4.78, 5) is 12.8. The number of rotatable bonds is 2. The predicted octanol–water partition coefficient (Wildman–Crippen LogP) is 3.99. The SMILES string of the molecule is COc1cc2c(c3c1C(=O)NC3OC)OC13CCC(O)C(C)(C)C1CCC(C)C3(C)C2. The second kappa shape index (κ2) is 6.61. The molecule has 2 N–H and O–H groups in total. The van der Waals surface area contributed by atoms with Crippen LogP contribution in [0.1, 0.15) is 81.1 Å². The number of hydrogen-bond acceptors (Lipinski definition) is 5. The van der Waals surface area contributed by atoms with Crippen LogP contribution in [0.3, 0.4) is 0 Å². The summed E-state index contributed by atoms with van der Waals surface area (Å²) in [6.07, 6.45) is 3.70. The number of benzene rings is 1. The minimum Gasteiger partial charge on any atom is -0.496 e. The predicted molar refractivity (Wildman–Crippen MR) is 116 cm³/mol. The first-order chi connectivity index (χ1) is 14.6. The molecule has 6 unspecified atom stereocenters. The highest BCUT2D eigenvalue weighted by molar-refractivity contribution is 6.02. The van der Waals surface area contributed by atoms with Gasteiger partial charge >= 0.3 is 0 Å². The lowest BCUT2D eigenvalue weighted by molar-refractivity contribution is -0.234. The minimum atomic E-state index is -0.547. The van der Waals surface area contributed by atoms with E-state index in [4.69, 9.17) is 14.2 Å². The Labute approximate surface area is 184 Å². The Morgan fingerprint density at radius 1 is 1.19 bits per heavy atom. The third kappa shape index (κ3) is 2.49. The van der Waals surface area contributed by atoms with Gasteiger partial charge in [0.25, 0.3) is 5.91 Å². The van der Waals surface area contributed by atoms with Gasteiger partial charge in [0.1, 0.15) is 17.1 Å². The summed E-state index contributed by atoms with van der Waals surface area (Å²) in [5.74, 6) is 1.89. The van der Waals surface area contributed by atoms with Crippen molar-refractivity contribution in [1.29, 1.82) is 0 Å². The van der Waals surface area contributed by atoms with Crippen LogP contribution in [0.5, 0.6) is 11.5 Å². The third-order valence-electron chi connectivity index (χ3n) is 9.46. The van der Waals surface area contributed by atoms with E-state index in [0.717, 1.165) is 49.0 Å². The molecule has 1 aromatic carbocycles. The topological polar surface area (TPSA) is 77.0 Å². The van der Waals surface area contributed by atoms with Crippen LogP contribution in [0, 0.1) is 22.7 Å². The Balaban J connectivity index is 1.74. The van der Waals surface area contributed by atoms with Crippen molar-refractivity contribution in [3.8, 4) is 11.5 Å². The van der Waals surface area contributed by atoms with Crippen LogP contribution in [0.15, 0.2) is 6.07 Å². The number of fused-ring (bicyclic) bond motifs is 3. The molecule has 0 radical (unpaired) electrons. The van der Waals surface area contributed by atoms with Crippen molar-refractivity contribution in [2.45, 2.75) is 77.7 Å². The summed E-state index contributed by atoms with van der Waals surface area (Å²) in [5.41, 5.74) is 1.67. The molecule has 1 amide bonds. The fraction of sp³-hybridized carbons (Fsp3) is 0.720. The summed E-state index contributed by atoms with van der Waals surface area (Å²) in [5, 5.41) is 13.8. The Kier molecular flexibility index (Phi) is 4.49. The zero-order valence-corrected chi connectivity index (χ0v) is 19.5. The molecular weight excluding hydrogens is 394 g/mol. The zero-order chi connectivity index (χ0) is 22.3. The molecular formula is C25H35NO5. The summed E-state index contributed by atoms with van der Waals surface area (Å²) >= 11 is 0. The second-order valence-electron chi connectivity index (χ2n) is 10.9. The van der Waals surface area contributed by atoms with Crippen LogP contribution in [0.25, 0.3) is 0 Å². The number of ether oxygens (including phenoxy) is 3. The molecule has 6 nitrogen and oxygen atoms in total. The van der Waals surface area contributed by atoms with Crippen molar-refractivity contribution < 1.29 is 24.1 Å². The van der Waals surface area contributed by atoms with Crippen molar-refractivity contribution in [3.63, 3.8) is 0 Å². The van der Waals surface area contributed by atoms with Crippen LogP contribution < -0.4 is 14.8 Å². The Hall–Kier alpha value is -1.79. The van der Waals surface area contributed by atoms with Gasteiger partial charge in [-0.2, -0.15) is 0 Å². The molecule has 2 fully saturated rings. The number of aliphatic hydroxyl groups is 1. The molecule has 1 spiro atoms. The molecule has 170 valence electrons. The molecule has 4 aliphatic rings. The third-order valence-corrected chi connectivity index (χ3v) is 9.46. The lowest BCUT2D eigenvalue weighted by atomic mass is 9.43. The molecule has 2 aliphatic carbocycles. The highest BCUT2D eigenvalue weighted by atomic mass is 16.5. The summed E-state index contributed by atoms with van der Waals surface area (Å²) in [6.45, 7) is 9.11. The molecule has 0 aromatic heterocycles. The highest BCUT2D eigenvalue weighted by Gasteiger charge is 2.67. The van der Waals surface area contributed by atoms with Gasteiger partial charge in [-0.05, 0) is 55.1 Å². The Morgan fingerprint density at radius 3 is 2.61 bits per heavy atom. The van der Waals surface area contributed by atoms with Crippen LogP contribution in [-0.4, -0.2) is 36.9 Å². The van der Waals surface area contributed by atoms with E-state index in [0.29, 0.717) is 17.2 Å². The molecule has 2 aliphatic heterocycles. The van der Waals surface area contributed by atoms with Gasteiger partial charge in [-0.25, -0.2) is 0 Å². The first-order valence-electron chi connectivity index (χ1n) is 11.5. The van der Waals surface area contributed by atoms with Gasteiger partial charge in [0, 0.05) is 18.4 Å². The van der Waals surface area contributed by atoms with Gasteiger partial charge in [0.2, 0.25) is 0 Å². The van der Waals surface area contributed by atoms with E-state index in [-0.39, 0.29) is 34.4 Å². The van der Waals surface area contributed by atoms with Gasteiger partial charge in [-0.3, -0.25) is 4.79 Å². The molecule has 2 saturated carbocycles. The molecule has 31 heavy (non-hydrogen) atoms. The number of hydrogen-bond donors (Lipinski definition) is 2. The lowest BCUT2D eigenvalue weighted by Crippen LogP contribution is -2.70. The highest BCUT2D eigenvalue weighted by Crippen LogP contribution is 2.66. The largest absolute Gasteiger partial charge is 0.496 e. The minimum absolute atomic E-state index is 0.0712. The smallest absolute Gasteiger partial charge is 0.257 e. The van der Waals surface area contributed by atoms with Crippen molar-refractivity contribution in [3.05, 3.63) is 22.8 Å². The second-order valence-corrected chi connectivity index (χ2v) is 10.9. The monoisotopic (exact) mass is 429 g/mol. The fourth-order valence-corrected chi connectivity index (χ4v) is 7.36. The molecule has 5 rings (SSSR count). The number of aliphatic hydroxyl groups excluding tert-OH is 1. The fourth-order valence-electron chi connectivity index (χ4n) is 7.36. The van der Waals surface area contributed by atoms with Crippen LogP contribution in [0.4, 0.5) is 0 Å². The van der Waals surface area contributed by atoms with Gasteiger partial charge in [-0.15, -0.1) is 0 Å². The maximum atomic E-state index is 12.8. The zero-order valence-electron chi connectivity index (χ0n) is 19.5. The normalized spacial score (nSPS) is 40.0. The molecule has 6 atom stereocenters. The number of amides is 1. The number of carbonyl (C=O) groups is 1. The number of methoxy groups -OCH3 is 2. The maximum absolute atomic E-state index is 12.8. The van der Waals surface area contributed by atoms with E-state index in [1.54, 1.807) is 14.2 Å². The first kappa shape index (κ1) is 21.1. The average molecular weight is 430 g/mol. The standard InChI is InChI=1S/C25H35NO5/c1-13-7-8-16-23(2,3)17(27)9-10-25(16)24(13,4)12-14-11-15(29-5)18-19(20(14)31-25)22(30-6)26-21(18)28/h11,13,16-17,22,27H,7-10,12H2,1-6H3,(H,26,28). The van der Waals surface area contributed by atoms with E-state index in [1.807, 2.05) is 6.07 Å². The van der Waals surface area contributed by atoms with E-state index in [9.17, 15) is 9.90 Å². The van der Waals surface area contributed by atoms with Crippen LogP contribution in [-0.2, 0) is 11.2 Å². The van der Waals surface area contributed by atoms with Crippen LogP contribution in [0.2, 0.25) is 0 Å².